The van der Waals surface area contributed by atoms with Crippen LogP contribution in [0.1, 0.15) is 30.9 Å². The van der Waals surface area contributed by atoms with Crippen LogP contribution < -0.4 is 9.47 Å². The molecule has 2 aromatic carbocycles. The molecule has 0 aromatic heterocycles. The first kappa shape index (κ1) is 15.1. The van der Waals surface area contributed by atoms with E-state index in [-0.39, 0.29) is 0 Å². The molecule has 21 heavy (non-hydrogen) atoms. The van der Waals surface area contributed by atoms with Gasteiger partial charge in [-0.3, -0.25) is 4.99 Å². The van der Waals surface area contributed by atoms with Gasteiger partial charge in [-0.1, -0.05) is 32.0 Å². The normalized spacial score (nSPS) is 11.1. The van der Waals surface area contributed by atoms with Gasteiger partial charge in [-0.2, -0.15) is 0 Å². The number of methoxy groups -OCH3 is 2. The number of rotatable bonds is 5. The van der Waals surface area contributed by atoms with Crippen LogP contribution in [0, 0.1) is 0 Å². The summed E-state index contributed by atoms with van der Waals surface area (Å²) in [4.78, 5) is 4.50. The molecule has 0 aliphatic heterocycles. The fraction of sp³-hybridized carbons (Fsp3) is 0.278. The van der Waals surface area contributed by atoms with Crippen molar-refractivity contribution in [2.75, 3.05) is 14.2 Å². The minimum atomic E-state index is 0.529. The van der Waals surface area contributed by atoms with Gasteiger partial charge in [0.2, 0.25) is 0 Å². The van der Waals surface area contributed by atoms with Crippen molar-refractivity contribution in [1.29, 1.82) is 0 Å². The van der Waals surface area contributed by atoms with Gasteiger partial charge in [0.15, 0.2) is 11.5 Å². The zero-order chi connectivity index (χ0) is 15.2. The van der Waals surface area contributed by atoms with E-state index in [1.165, 1.54) is 5.56 Å². The Labute approximate surface area is 126 Å². The van der Waals surface area contributed by atoms with E-state index in [2.05, 4.69) is 31.0 Å². The molecular formula is C18H21NO2. The monoisotopic (exact) mass is 283 g/mol. The van der Waals surface area contributed by atoms with Crippen molar-refractivity contribution in [3.63, 3.8) is 0 Å². The van der Waals surface area contributed by atoms with Gasteiger partial charge in [0.25, 0.3) is 0 Å². The van der Waals surface area contributed by atoms with Crippen LogP contribution >= 0.6 is 0 Å². The molecule has 0 unspecified atom stereocenters. The van der Waals surface area contributed by atoms with Crippen LogP contribution in [0.25, 0.3) is 0 Å². The quantitative estimate of drug-likeness (QED) is 0.752. The minimum absolute atomic E-state index is 0.529. The van der Waals surface area contributed by atoms with Crippen LogP contribution in [0.4, 0.5) is 5.69 Å². The molecule has 0 radical (unpaired) electrons. The van der Waals surface area contributed by atoms with E-state index < -0.39 is 0 Å². The summed E-state index contributed by atoms with van der Waals surface area (Å²) in [5.41, 5.74) is 3.13. The van der Waals surface area contributed by atoms with Gasteiger partial charge in [-0.15, -0.1) is 0 Å². The SMILES string of the molecule is COc1cccc(C=Nc2ccc(C(C)C)cc2)c1OC. The Morgan fingerprint density at radius 1 is 0.952 bits per heavy atom. The van der Waals surface area contributed by atoms with E-state index in [0.29, 0.717) is 17.4 Å². The summed E-state index contributed by atoms with van der Waals surface area (Å²) in [6.45, 7) is 4.36. The standard InChI is InChI=1S/C18H21NO2/c1-13(2)14-8-10-16(11-9-14)19-12-15-6-5-7-17(20-3)18(15)21-4/h5-13H,1-4H3. The molecule has 2 aromatic rings. The van der Waals surface area contributed by atoms with E-state index in [1.54, 1.807) is 20.4 Å². The third-order valence-electron chi connectivity index (χ3n) is 3.35. The molecule has 0 aliphatic carbocycles. The van der Waals surface area contributed by atoms with Gasteiger partial charge in [-0.25, -0.2) is 0 Å². The second-order valence-corrected chi connectivity index (χ2v) is 5.09. The predicted octanol–water partition coefficient (Wildman–Crippen LogP) is 4.58. The van der Waals surface area contributed by atoms with Gasteiger partial charge in [0.1, 0.15) is 0 Å². The summed E-state index contributed by atoms with van der Waals surface area (Å²) >= 11 is 0. The maximum Gasteiger partial charge on any atom is 0.169 e. The number of para-hydroxylation sites is 1. The molecule has 0 heterocycles. The first-order chi connectivity index (χ1) is 10.2. The number of nitrogens with zero attached hydrogens (tertiary/aromatic N) is 1. The van der Waals surface area contributed by atoms with Crippen molar-refractivity contribution in [2.24, 2.45) is 4.99 Å². The Morgan fingerprint density at radius 3 is 2.24 bits per heavy atom. The Morgan fingerprint density at radius 2 is 1.67 bits per heavy atom. The molecule has 0 fully saturated rings. The highest BCUT2D eigenvalue weighted by atomic mass is 16.5. The fourth-order valence-corrected chi connectivity index (χ4v) is 2.10. The summed E-state index contributed by atoms with van der Waals surface area (Å²) < 4.78 is 10.7. The molecule has 2 rings (SSSR count). The van der Waals surface area contributed by atoms with Crippen molar-refractivity contribution in [1.82, 2.24) is 0 Å². The van der Waals surface area contributed by atoms with E-state index in [9.17, 15) is 0 Å². The number of ether oxygens (including phenoxy) is 2. The number of aliphatic imine (C=N–C) groups is 1. The van der Waals surface area contributed by atoms with Gasteiger partial charge in [0, 0.05) is 11.8 Å². The molecule has 0 atom stereocenters. The Hall–Kier alpha value is -2.29. The Bertz CT molecular complexity index is 616. The summed E-state index contributed by atoms with van der Waals surface area (Å²) in [5.74, 6) is 1.93. The van der Waals surface area contributed by atoms with Crippen LogP contribution in [0.3, 0.4) is 0 Å². The molecule has 0 saturated heterocycles. The lowest BCUT2D eigenvalue weighted by Gasteiger charge is -2.09. The zero-order valence-corrected chi connectivity index (χ0v) is 13.0. The summed E-state index contributed by atoms with van der Waals surface area (Å²) in [5, 5.41) is 0. The van der Waals surface area contributed by atoms with Crippen molar-refractivity contribution in [2.45, 2.75) is 19.8 Å². The molecule has 0 saturated carbocycles. The minimum Gasteiger partial charge on any atom is -0.493 e. The van der Waals surface area contributed by atoms with Crippen LogP contribution in [-0.4, -0.2) is 20.4 Å². The number of benzene rings is 2. The Balaban J connectivity index is 2.25. The summed E-state index contributed by atoms with van der Waals surface area (Å²) in [6, 6.07) is 14.0. The Kier molecular flexibility index (Phi) is 4.99. The van der Waals surface area contributed by atoms with Crippen molar-refractivity contribution in [3.8, 4) is 11.5 Å². The molecule has 0 amide bonds. The largest absolute Gasteiger partial charge is 0.493 e. The highest BCUT2D eigenvalue weighted by Crippen LogP contribution is 2.30. The molecule has 3 heteroatoms. The molecule has 0 aliphatic rings. The fourth-order valence-electron chi connectivity index (χ4n) is 2.10. The van der Waals surface area contributed by atoms with Crippen LogP contribution in [-0.2, 0) is 0 Å². The van der Waals surface area contributed by atoms with Crippen molar-refractivity contribution < 1.29 is 9.47 Å². The van der Waals surface area contributed by atoms with E-state index in [0.717, 1.165) is 11.3 Å². The van der Waals surface area contributed by atoms with Gasteiger partial charge >= 0.3 is 0 Å². The molecule has 0 N–H and O–H groups in total. The smallest absolute Gasteiger partial charge is 0.169 e. The zero-order valence-electron chi connectivity index (χ0n) is 13.0. The first-order valence-electron chi connectivity index (χ1n) is 7.00. The molecule has 0 spiro atoms. The summed E-state index contributed by atoms with van der Waals surface area (Å²) in [7, 11) is 3.26. The van der Waals surface area contributed by atoms with Crippen LogP contribution in [0.15, 0.2) is 47.5 Å². The third kappa shape index (κ3) is 3.63. The molecule has 110 valence electrons. The molecule has 3 nitrogen and oxygen atoms in total. The molecular weight excluding hydrogens is 262 g/mol. The maximum absolute atomic E-state index is 5.39. The maximum atomic E-state index is 5.39. The lowest BCUT2D eigenvalue weighted by molar-refractivity contribution is 0.354. The van der Waals surface area contributed by atoms with Crippen LogP contribution in [0.2, 0.25) is 0 Å². The first-order valence-corrected chi connectivity index (χ1v) is 7.00. The second-order valence-electron chi connectivity index (χ2n) is 5.09. The van der Waals surface area contributed by atoms with Crippen molar-refractivity contribution in [3.05, 3.63) is 53.6 Å². The summed E-state index contributed by atoms with van der Waals surface area (Å²) in [6.07, 6.45) is 1.80. The van der Waals surface area contributed by atoms with E-state index in [1.807, 2.05) is 30.3 Å². The average Bonchev–Trinajstić information content (AvgIpc) is 2.52. The highest BCUT2D eigenvalue weighted by molar-refractivity contribution is 5.86. The van der Waals surface area contributed by atoms with E-state index in [4.69, 9.17) is 9.47 Å². The lowest BCUT2D eigenvalue weighted by atomic mass is 10.0. The lowest BCUT2D eigenvalue weighted by Crippen LogP contribution is -1.94. The second kappa shape index (κ2) is 6.93. The highest BCUT2D eigenvalue weighted by Gasteiger charge is 2.07. The van der Waals surface area contributed by atoms with Crippen molar-refractivity contribution >= 4 is 11.9 Å². The topological polar surface area (TPSA) is 30.8 Å². The predicted molar refractivity (Wildman–Crippen MR) is 87.3 cm³/mol. The third-order valence-corrected chi connectivity index (χ3v) is 3.35. The van der Waals surface area contributed by atoms with Gasteiger partial charge in [-0.05, 0) is 35.7 Å². The number of hydrogen-bond acceptors (Lipinski definition) is 3. The average molecular weight is 283 g/mol. The number of hydrogen-bond donors (Lipinski definition) is 0. The van der Waals surface area contributed by atoms with E-state index >= 15 is 0 Å². The molecule has 0 bridgehead atoms. The van der Waals surface area contributed by atoms with Gasteiger partial charge < -0.3 is 9.47 Å². The van der Waals surface area contributed by atoms with Crippen LogP contribution in [0.5, 0.6) is 11.5 Å². The van der Waals surface area contributed by atoms with Gasteiger partial charge in [0.05, 0.1) is 19.9 Å².